The predicted molar refractivity (Wildman–Crippen MR) is 58.4 cm³/mol. The number of ether oxygens (including phenoxy) is 1. The molecule has 0 saturated carbocycles. The van der Waals surface area contributed by atoms with E-state index in [0.29, 0.717) is 26.3 Å². The van der Waals surface area contributed by atoms with E-state index in [-0.39, 0.29) is 17.8 Å². The van der Waals surface area contributed by atoms with Gasteiger partial charge < -0.3 is 15.2 Å². The molecular formula is C12H16FNO2. The van der Waals surface area contributed by atoms with Gasteiger partial charge in [-0.05, 0) is 17.7 Å². The quantitative estimate of drug-likeness (QED) is 0.783. The summed E-state index contributed by atoms with van der Waals surface area (Å²) in [6.45, 7) is 2.63. The molecule has 1 aliphatic rings. The van der Waals surface area contributed by atoms with Crippen molar-refractivity contribution in [3.05, 3.63) is 35.6 Å². The van der Waals surface area contributed by atoms with Crippen molar-refractivity contribution >= 4 is 0 Å². The lowest BCUT2D eigenvalue weighted by Crippen LogP contribution is -2.52. The maximum atomic E-state index is 12.9. The van der Waals surface area contributed by atoms with Crippen LogP contribution in [0.4, 0.5) is 4.39 Å². The fraction of sp³-hybridized carbons (Fsp3) is 0.500. The number of nitrogens with one attached hydrogen (secondary N) is 1. The highest BCUT2D eigenvalue weighted by Crippen LogP contribution is 2.25. The van der Waals surface area contributed by atoms with Crippen molar-refractivity contribution in [1.82, 2.24) is 5.32 Å². The molecule has 88 valence electrons. The summed E-state index contributed by atoms with van der Waals surface area (Å²) >= 11 is 0. The molecule has 0 radical (unpaired) electrons. The van der Waals surface area contributed by atoms with Crippen molar-refractivity contribution in [3.8, 4) is 0 Å². The van der Waals surface area contributed by atoms with E-state index in [1.165, 1.54) is 12.1 Å². The van der Waals surface area contributed by atoms with Crippen LogP contribution >= 0.6 is 0 Å². The van der Waals surface area contributed by atoms with Crippen molar-refractivity contribution in [2.75, 3.05) is 26.4 Å². The van der Waals surface area contributed by atoms with E-state index in [9.17, 15) is 9.50 Å². The van der Waals surface area contributed by atoms with Gasteiger partial charge in [-0.2, -0.15) is 0 Å². The van der Waals surface area contributed by atoms with Gasteiger partial charge in [-0.1, -0.05) is 12.1 Å². The Morgan fingerprint density at radius 3 is 2.81 bits per heavy atom. The number of hydrogen-bond acceptors (Lipinski definition) is 3. The topological polar surface area (TPSA) is 41.5 Å². The monoisotopic (exact) mass is 225 g/mol. The zero-order valence-corrected chi connectivity index (χ0v) is 9.08. The first kappa shape index (κ1) is 11.5. The molecular weight excluding hydrogens is 209 g/mol. The van der Waals surface area contributed by atoms with Gasteiger partial charge in [-0.25, -0.2) is 4.39 Å². The van der Waals surface area contributed by atoms with Crippen LogP contribution in [-0.2, 0) is 11.3 Å². The standard InChI is InChI=1S/C12H16FNO2/c13-11-3-1-2-10(4-11)5-14-6-12(7-15)8-16-9-12/h1-4,14-15H,5-9H2. The molecule has 4 heteroatoms. The number of halogens is 1. The van der Waals surface area contributed by atoms with Gasteiger partial charge in [0, 0.05) is 13.1 Å². The third kappa shape index (κ3) is 2.58. The first-order valence-corrected chi connectivity index (χ1v) is 5.38. The summed E-state index contributed by atoms with van der Waals surface area (Å²) in [6.07, 6.45) is 0. The van der Waals surface area contributed by atoms with Gasteiger partial charge in [0.2, 0.25) is 0 Å². The molecule has 2 N–H and O–H groups in total. The molecule has 1 heterocycles. The summed E-state index contributed by atoms with van der Waals surface area (Å²) in [5.74, 6) is -0.219. The predicted octanol–water partition coefficient (Wildman–Crippen LogP) is 0.924. The van der Waals surface area contributed by atoms with Gasteiger partial charge in [0.1, 0.15) is 5.82 Å². The van der Waals surface area contributed by atoms with Crippen LogP contribution in [0.3, 0.4) is 0 Å². The van der Waals surface area contributed by atoms with Crippen molar-refractivity contribution in [2.24, 2.45) is 5.41 Å². The molecule has 0 unspecified atom stereocenters. The molecule has 0 atom stereocenters. The highest BCUT2D eigenvalue weighted by molar-refractivity contribution is 5.16. The summed E-state index contributed by atoms with van der Waals surface area (Å²) in [6, 6.07) is 6.51. The van der Waals surface area contributed by atoms with E-state index in [1.807, 2.05) is 6.07 Å². The second kappa shape index (κ2) is 4.91. The molecule has 0 spiro atoms. The lowest BCUT2D eigenvalue weighted by Gasteiger charge is -2.40. The van der Waals surface area contributed by atoms with E-state index in [0.717, 1.165) is 5.56 Å². The van der Waals surface area contributed by atoms with E-state index < -0.39 is 0 Å². The largest absolute Gasteiger partial charge is 0.396 e. The Balaban J connectivity index is 1.79. The van der Waals surface area contributed by atoms with Crippen molar-refractivity contribution in [2.45, 2.75) is 6.54 Å². The van der Waals surface area contributed by atoms with Gasteiger partial charge in [-0.3, -0.25) is 0 Å². The van der Waals surface area contributed by atoms with Gasteiger partial charge in [0.25, 0.3) is 0 Å². The average molecular weight is 225 g/mol. The highest BCUT2D eigenvalue weighted by atomic mass is 19.1. The summed E-state index contributed by atoms with van der Waals surface area (Å²) < 4.78 is 18.0. The van der Waals surface area contributed by atoms with Crippen molar-refractivity contribution < 1.29 is 14.2 Å². The van der Waals surface area contributed by atoms with Crippen LogP contribution in [0.5, 0.6) is 0 Å². The van der Waals surface area contributed by atoms with Crippen molar-refractivity contribution in [3.63, 3.8) is 0 Å². The maximum absolute atomic E-state index is 12.9. The SMILES string of the molecule is OCC1(CNCc2cccc(F)c2)COC1. The van der Waals surface area contributed by atoms with Crippen LogP contribution in [0.25, 0.3) is 0 Å². The van der Waals surface area contributed by atoms with Gasteiger partial charge in [0.15, 0.2) is 0 Å². The Morgan fingerprint density at radius 1 is 1.44 bits per heavy atom. The van der Waals surface area contributed by atoms with Crippen LogP contribution in [0.15, 0.2) is 24.3 Å². The fourth-order valence-corrected chi connectivity index (χ4v) is 1.76. The van der Waals surface area contributed by atoms with E-state index in [1.54, 1.807) is 6.07 Å². The maximum Gasteiger partial charge on any atom is 0.123 e. The molecule has 1 aromatic carbocycles. The molecule has 1 aliphatic heterocycles. The van der Waals surface area contributed by atoms with E-state index >= 15 is 0 Å². The molecule has 0 amide bonds. The highest BCUT2D eigenvalue weighted by Gasteiger charge is 2.37. The Labute approximate surface area is 94.2 Å². The molecule has 0 bridgehead atoms. The third-order valence-electron chi connectivity index (χ3n) is 2.87. The lowest BCUT2D eigenvalue weighted by atomic mass is 9.87. The Bertz CT molecular complexity index is 347. The molecule has 1 saturated heterocycles. The van der Waals surface area contributed by atoms with Crippen LogP contribution < -0.4 is 5.32 Å². The Morgan fingerprint density at radius 2 is 2.25 bits per heavy atom. The second-order valence-corrected chi connectivity index (χ2v) is 4.38. The van der Waals surface area contributed by atoms with Gasteiger partial charge in [-0.15, -0.1) is 0 Å². The lowest BCUT2D eigenvalue weighted by molar-refractivity contribution is -0.134. The summed E-state index contributed by atoms with van der Waals surface area (Å²) in [5.41, 5.74) is 0.779. The molecule has 3 nitrogen and oxygen atoms in total. The first-order chi connectivity index (χ1) is 7.74. The van der Waals surface area contributed by atoms with Crippen LogP contribution in [0, 0.1) is 11.2 Å². The smallest absolute Gasteiger partial charge is 0.123 e. The molecule has 1 fully saturated rings. The van der Waals surface area contributed by atoms with Gasteiger partial charge >= 0.3 is 0 Å². The minimum Gasteiger partial charge on any atom is -0.396 e. The number of aliphatic hydroxyl groups is 1. The second-order valence-electron chi connectivity index (χ2n) is 4.38. The minimum absolute atomic E-state index is 0.128. The first-order valence-electron chi connectivity index (χ1n) is 5.38. The molecule has 16 heavy (non-hydrogen) atoms. The fourth-order valence-electron chi connectivity index (χ4n) is 1.76. The third-order valence-corrected chi connectivity index (χ3v) is 2.87. The number of rotatable bonds is 5. The Kier molecular flexibility index (Phi) is 3.53. The number of hydrogen-bond donors (Lipinski definition) is 2. The van der Waals surface area contributed by atoms with E-state index in [2.05, 4.69) is 5.32 Å². The normalized spacial score (nSPS) is 18.1. The zero-order valence-electron chi connectivity index (χ0n) is 9.08. The number of benzene rings is 1. The molecule has 1 aromatic rings. The van der Waals surface area contributed by atoms with Crippen LogP contribution in [0.1, 0.15) is 5.56 Å². The Hall–Kier alpha value is -0.970. The summed E-state index contributed by atoms with van der Waals surface area (Å²) in [7, 11) is 0. The molecule has 2 rings (SSSR count). The minimum atomic E-state index is -0.219. The zero-order chi connectivity index (χ0) is 11.4. The average Bonchev–Trinajstić information content (AvgIpc) is 2.22. The molecule has 0 aliphatic carbocycles. The molecule has 0 aromatic heterocycles. The van der Waals surface area contributed by atoms with Crippen LogP contribution in [0.2, 0.25) is 0 Å². The summed E-state index contributed by atoms with van der Waals surface area (Å²) in [5, 5.41) is 12.4. The van der Waals surface area contributed by atoms with Crippen molar-refractivity contribution in [1.29, 1.82) is 0 Å². The van der Waals surface area contributed by atoms with Gasteiger partial charge in [0.05, 0.1) is 25.2 Å². The number of aliphatic hydroxyl groups excluding tert-OH is 1. The van der Waals surface area contributed by atoms with Crippen LogP contribution in [-0.4, -0.2) is 31.5 Å². The summed E-state index contributed by atoms with van der Waals surface area (Å²) in [4.78, 5) is 0. The van der Waals surface area contributed by atoms with E-state index in [4.69, 9.17) is 4.74 Å².